The van der Waals surface area contributed by atoms with Crippen LogP contribution < -0.4 is 11.1 Å². The summed E-state index contributed by atoms with van der Waals surface area (Å²) < 4.78 is 23.3. The van der Waals surface area contributed by atoms with Crippen molar-refractivity contribution in [3.63, 3.8) is 0 Å². The molecular formula is C12H15ClN2O3S. The Bertz CT molecular complexity index is 601. The van der Waals surface area contributed by atoms with E-state index in [1.54, 1.807) is 6.07 Å². The molecule has 1 aliphatic rings. The third-order valence-corrected chi connectivity index (χ3v) is 5.79. The van der Waals surface area contributed by atoms with Crippen molar-refractivity contribution in [2.45, 2.75) is 18.1 Å². The van der Waals surface area contributed by atoms with Gasteiger partial charge in [0, 0.05) is 12.2 Å². The smallest absolute Gasteiger partial charge is 0.252 e. The number of hydrogen-bond acceptors (Lipinski definition) is 4. The van der Waals surface area contributed by atoms with Gasteiger partial charge in [-0.25, -0.2) is 8.42 Å². The molecule has 1 aromatic carbocycles. The van der Waals surface area contributed by atoms with Gasteiger partial charge in [0.15, 0.2) is 9.84 Å². The van der Waals surface area contributed by atoms with Crippen LogP contribution >= 0.6 is 11.6 Å². The van der Waals surface area contributed by atoms with E-state index in [1.807, 2.05) is 0 Å². The number of amides is 1. The molecule has 104 valence electrons. The van der Waals surface area contributed by atoms with Gasteiger partial charge in [-0.2, -0.15) is 0 Å². The number of carbonyl (C=O) groups excluding carboxylic acids is 1. The summed E-state index contributed by atoms with van der Waals surface area (Å²) in [5.41, 5.74) is 6.29. The molecule has 1 aliphatic heterocycles. The molecule has 0 radical (unpaired) electrons. The van der Waals surface area contributed by atoms with Crippen LogP contribution in [0.25, 0.3) is 0 Å². The standard InChI is InChI=1S/C12H15ClN2O3S/c13-11-4-3-8(14)6-10(11)12(16)15-7-9-2-1-5-19(9,17)18/h3-4,6,9H,1-2,5,7,14H2,(H,15,16). The fraction of sp³-hybridized carbons (Fsp3) is 0.417. The molecule has 0 aliphatic carbocycles. The Morgan fingerprint density at radius 1 is 1.47 bits per heavy atom. The van der Waals surface area contributed by atoms with E-state index in [0.29, 0.717) is 23.6 Å². The van der Waals surface area contributed by atoms with Crippen LogP contribution in [0.2, 0.25) is 5.02 Å². The zero-order valence-electron chi connectivity index (χ0n) is 10.2. The van der Waals surface area contributed by atoms with E-state index < -0.39 is 21.0 Å². The maximum atomic E-state index is 11.9. The molecular weight excluding hydrogens is 288 g/mol. The van der Waals surface area contributed by atoms with E-state index in [1.165, 1.54) is 12.1 Å². The van der Waals surface area contributed by atoms with Crippen LogP contribution in [0.3, 0.4) is 0 Å². The Morgan fingerprint density at radius 2 is 2.21 bits per heavy atom. The highest BCUT2D eigenvalue weighted by Crippen LogP contribution is 2.21. The minimum Gasteiger partial charge on any atom is -0.399 e. The number of nitrogens with one attached hydrogen (secondary N) is 1. The third-order valence-electron chi connectivity index (χ3n) is 3.19. The van der Waals surface area contributed by atoms with Gasteiger partial charge in [0.1, 0.15) is 0 Å². The topological polar surface area (TPSA) is 89.3 Å². The second-order valence-corrected chi connectivity index (χ2v) is 7.39. The van der Waals surface area contributed by atoms with Gasteiger partial charge in [0.25, 0.3) is 5.91 Å². The van der Waals surface area contributed by atoms with E-state index >= 15 is 0 Å². The zero-order valence-corrected chi connectivity index (χ0v) is 11.8. The van der Waals surface area contributed by atoms with Crippen molar-refractivity contribution in [1.29, 1.82) is 0 Å². The van der Waals surface area contributed by atoms with Crippen molar-refractivity contribution >= 4 is 33.0 Å². The largest absolute Gasteiger partial charge is 0.399 e. The van der Waals surface area contributed by atoms with Crippen molar-refractivity contribution in [3.8, 4) is 0 Å². The van der Waals surface area contributed by atoms with E-state index in [2.05, 4.69) is 5.32 Å². The molecule has 1 aromatic rings. The van der Waals surface area contributed by atoms with Crippen LogP contribution in [0.5, 0.6) is 0 Å². The minimum atomic E-state index is -3.06. The quantitative estimate of drug-likeness (QED) is 0.822. The predicted molar refractivity (Wildman–Crippen MR) is 75.0 cm³/mol. The average Bonchev–Trinajstić information content (AvgIpc) is 2.68. The van der Waals surface area contributed by atoms with Gasteiger partial charge in [-0.15, -0.1) is 0 Å². The lowest BCUT2D eigenvalue weighted by molar-refractivity contribution is 0.0954. The molecule has 0 spiro atoms. The minimum absolute atomic E-state index is 0.117. The van der Waals surface area contributed by atoms with Crippen LogP contribution in [0.4, 0.5) is 5.69 Å². The summed E-state index contributed by atoms with van der Waals surface area (Å²) in [7, 11) is -3.06. The van der Waals surface area contributed by atoms with E-state index in [9.17, 15) is 13.2 Å². The highest BCUT2D eigenvalue weighted by atomic mass is 35.5. The van der Waals surface area contributed by atoms with Gasteiger partial charge in [-0.05, 0) is 31.0 Å². The Hall–Kier alpha value is -1.27. The van der Waals surface area contributed by atoms with Gasteiger partial charge >= 0.3 is 0 Å². The molecule has 1 heterocycles. The number of anilines is 1. The Kier molecular flexibility index (Phi) is 4.01. The number of carbonyl (C=O) groups is 1. The van der Waals surface area contributed by atoms with Crippen LogP contribution in [0.1, 0.15) is 23.2 Å². The molecule has 19 heavy (non-hydrogen) atoms. The number of nitrogens with two attached hydrogens (primary N) is 1. The molecule has 0 aromatic heterocycles. The van der Waals surface area contributed by atoms with Crippen LogP contribution in [-0.2, 0) is 9.84 Å². The number of halogens is 1. The van der Waals surface area contributed by atoms with Crippen molar-refractivity contribution in [2.24, 2.45) is 0 Å². The first kappa shape index (κ1) is 14.1. The lowest BCUT2D eigenvalue weighted by Gasteiger charge is -2.11. The second-order valence-electron chi connectivity index (χ2n) is 4.58. The van der Waals surface area contributed by atoms with Gasteiger partial charge in [-0.3, -0.25) is 4.79 Å². The van der Waals surface area contributed by atoms with Crippen molar-refractivity contribution in [3.05, 3.63) is 28.8 Å². The summed E-state index contributed by atoms with van der Waals surface area (Å²) in [6.45, 7) is 0.117. The van der Waals surface area contributed by atoms with Crippen molar-refractivity contribution < 1.29 is 13.2 Å². The summed E-state index contributed by atoms with van der Waals surface area (Å²) in [6.07, 6.45) is 1.25. The van der Waals surface area contributed by atoms with E-state index in [-0.39, 0.29) is 17.9 Å². The average molecular weight is 303 g/mol. The molecule has 0 saturated carbocycles. The van der Waals surface area contributed by atoms with Crippen LogP contribution in [0.15, 0.2) is 18.2 Å². The van der Waals surface area contributed by atoms with E-state index in [0.717, 1.165) is 0 Å². The Morgan fingerprint density at radius 3 is 2.84 bits per heavy atom. The number of nitrogen functional groups attached to an aromatic ring is 1. The molecule has 3 N–H and O–H groups in total. The Labute approximate surface area is 117 Å². The Balaban J connectivity index is 2.04. The number of rotatable bonds is 3. The zero-order chi connectivity index (χ0) is 14.0. The van der Waals surface area contributed by atoms with Gasteiger partial charge in [0.05, 0.1) is 21.6 Å². The van der Waals surface area contributed by atoms with Gasteiger partial charge in [0.2, 0.25) is 0 Å². The maximum Gasteiger partial charge on any atom is 0.252 e. The maximum absolute atomic E-state index is 11.9. The van der Waals surface area contributed by atoms with Crippen molar-refractivity contribution in [1.82, 2.24) is 5.32 Å². The first-order chi connectivity index (χ1) is 8.90. The summed E-state index contributed by atoms with van der Waals surface area (Å²) >= 11 is 5.91. The summed E-state index contributed by atoms with van der Waals surface area (Å²) in [5.74, 6) is -0.202. The van der Waals surface area contributed by atoms with Gasteiger partial charge in [-0.1, -0.05) is 11.6 Å². The number of hydrogen-bond donors (Lipinski definition) is 2. The summed E-state index contributed by atoms with van der Waals surface area (Å²) in [6, 6.07) is 4.61. The molecule has 7 heteroatoms. The normalized spacial score (nSPS) is 21.2. The monoisotopic (exact) mass is 302 g/mol. The van der Waals surface area contributed by atoms with Crippen LogP contribution in [0, 0.1) is 0 Å². The fourth-order valence-electron chi connectivity index (χ4n) is 2.11. The van der Waals surface area contributed by atoms with Crippen molar-refractivity contribution in [2.75, 3.05) is 18.0 Å². The highest BCUT2D eigenvalue weighted by molar-refractivity contribution is 7.92. The molecule has 5 nitrogen and oxygen atoms in total. The molecule has 0 bridgehead atoms. The highest BCUT2D eigenvalue weighted by Gasteiger charge is 2.31. The molecule has 2 rings (SSSR count). The van der Waals surface area contributed by atoms with E-state index in [4.69, 9.17) is 17.3 Å². The summed E-state index contributed by atoms with van der Waals surface area (Å²) in [5, 5.41) is 2.41. The number of sulfone groups is 1. The number of benzene rings is 1. The summed E-state index contributed by atoms with van der Waals surface area (Å²) in [4.78, 5) is 11.9. The lowest BCUT2D eigenvalue weighted by Crippen LogP contribution is -2.34. The predicted octanol–water partition coefficient (Wildman–Crippen LogP) is 1.23. The second kappa shape index (κ2) is 5.38. The fourth-order valence-corrected chi connectivity index (χ4v) is 4.07. The first-order valence-electron chi connectivity index (χ1n) is 5.95. The van der Waals surface area contributed by atoms with Gasteiger partial charge < -0.3 is 11.1 Å². The molecule has 1 atom stereocenters. The first-order valence-corrected chi connectivity index (χ1v) is 8.04. The third kappa shape index (κ3) is 3.19. The molecule has 1 fully saturated rings. The van der Waals surface area contributed by atoms with Crippen LogP contribution in [-0.4, -0.2) is 31.9 Å². The lowest BCUT2D eigenvalue weighted by atomic mass is 10.2. The molecule has 1 saturated heterocycles. The molecule has 1 unspecified atom stereocenters. The SMILES string of the molecule is Nc1ccc(Cl)c(C(=O)NCC2CCCS2(=O)=O)c1. The molecule has 1 amide bonds.